The van der Waals surface area contributed by atoms with Crippen LogP contribution in [0.2, 0.25) is 0 Å². The van der Waals surface area contributed by atoms with Crippen LogP contribution in [0, 0.1) is 6.92 Å². The molecule has 0 amide bonds. The third kappa shape index (κ3) is 1.29. The molecule has 2 nitrogen and oxygen atoms in total. The normalized spacial score (nSPS) is 10.8. The van der Waals surface area contributed by atoms with Gasteiger partial charge in [0.05, 0.1) is 10.7 Å². The van der Waals surface area contributed by atoms with Crippen molar-refractivity contribution in [2.75, 3.05) is 0 Å². The van der Waals surface area contributed by atoms with Gasteiger partial charge in [-0.15, -0.1) is 0 Å². The van der Waals surface area contributed by atoms with Gasteiger partial charge in [0.2, 0.25) is 0 Å². The van der Waals surface area contributed by atoms with E-state index in [0.717, 1.165) is 10.7 Å². The summed E-state index contributed by atoms with van der Waals surface area (Å²) in [5.41, 5.74) is 0.744. The summed E-state index contributed by atoms with van der Waals surface area (Å²) in [6, 6.07) is 0. The fourth-order valence-electron chi connectivity index (χ4n) is 0.656. The third-order valence-electron chi connectivity index (χ3n) is 1.28. The van der Waals surface area contributed by atoms with Crippen molar-refractivity contribution in [3.05, 3.63) is 10.7 Å². The van der Waals surface area contributed by atoms with E-state index < -0.39 is 0 Å². The van der Waals surface area contributed by atoms with E-state index in [1.165, 1.54) is 11.3 Å². The van der Waals surface area contributed by atoms with Crippen molar-refractivity contribution in [2.45, 2.75) is 26.7 Å². The number of thiazole rings is 1. The number of nitrogens with zero attached hydrogens (tertiary/aromatic N) is 1. The molecule has 1 aromatic rings. The fraction of sp³-hybridized carbons (Fsp3) is 0.571. The molecule has 1 aromatic heterocycles. The van der Waals surface area contributed by atoms with Crippen molar-refractivity contribution in [3.63, 3.8) is 0 Å². The molecule has 1 rings (SSSR count). The van der Waals surface area contributed by atoms with Crippen LogP contribution in [0.4, 0.5) is 0 Å². The van der Waals surface area contributed by atoms with Crippen LogP contribution < -0.4 is 0 Å². The standard InChI is InChI=1S/C7H11NOS/c1-4(2)6-8-5(3)7(9)10-6/h4,9H,1-3H3. The molecule has 56 valence electrons. The van der Waals surface area contributed by atoms with E-state index in [-0.39, 0.29) is 0 Å². The second-order valence-corrected chi connectivity index (χ2v) is 3.61. The lowest BCUT2D eigenvalue weighted by molar-refractivity contribution is 0.485. The van der Waals surface area contributed by atoms with Crippen LogP contribution in [0.5, 0.6) is 5.06 Å². The van der Waals surface area contributed by atoms with Gasteiger partial charge in [0.1, 0.15) is 0 Å². The van der Waals surface area contributed by atoms with Gasteiger partial charge in [-0.05, 0) is 6.92 Å². The van der Waals surface area contributed by atoms with Gasteiger partial charge in [-0.1, -0.05) is 25.2 Å². The maximum atomic E-state index is 9.14. The quantitative estimate of drug-likeness (QED) is 0.678. The summed E-state index contributed by atoms with van der Waals surface area (Å²) in [6.45, 7) is 5.95. The molecular weight excluding hydrogens is 146 g/mol. The Morgan fingerprint density at radius 3 is 2.30 bits per heavy atom. The Morgan fingerprint density at radius 1 is 1.50 bits per heavy atom. The lowest BCUT2D eigenvalue weighted by atomic mass is 10.2. The second-order valence-electron chi connectivity index (χ2n) is 2.60. The van der Waals surface area contributed by atoms with Crippen molar-refractivity contribution in [2.24, 2.45) is 0 Å². The van der Waals surface area contributed by atoms with Crippen molar-refractivity contribution in [1.29, 1.82) is 0 Å². The Morgan fingerprint density at radius 2 is 2.10 bits per heavy atom. The van der Waals surface area contributed by atoms with Crippen LogP contribution in [0.15, 0.2) is 0 Å². The highest BCUT2D eigenvalue weighted by molar-refractivity contribution is 7.13. The van der Waals surface area contributed by atoms with E-state index in [4.69, 9.17) is 5.11 Å². The predicted octanol–water partition coefficient (Wildman–Crippen LogP) is 2.28. The lowest BCUT2D eigenvalue weighted by Gasteiger charge is -1.94. The van der Waals surface area contributed by atoms with Crippen molar-refractivity contribution in [3.8, 4) is 5.06 Å². The zero-order chi connectivity index (χ0) is 7.72. The predicted molar refractivity (Wildman–Crippen MR) is 42.6 cm³/mol. The lowest BCUT2D eigenvalue weighted by Crippen LogP contribution is -1.83. The molecule has 10 heavy (non-hydrogen) atoms. The van der Waals surface area contributed by atoms with Gasteiger partial charge in [-0.2, -0.15) is 0 Å². The smallest absolute Gasteiger partial charge is 0.194 e. The molecule has 0 saturated carbocycles. The number of aromatic hydroxyl groups is 1. The summed E-state index contributed by atoms with van der Waals surface area (Å²) in [4.78, 5) is 4.18. The second kappa shape index (κ2) is 2.58. The Hall–Kier alpha value is -0.570. The molecule has 0 radical (unpaired) electrons. The first-order chi connectivity index (χ1) is 4.61. The summed E-state index contributed by atoms with van der Waals surface area (Å²) in [5.74, 6) is 0.421. The maximum absolute atomic E-state index is 9.14. The van der Waals surface area contributed by atoms with E-state index in [2.05, 4.69) is 18.8 Å². The van der Waals surface area contributed by atoms with Crippen LogP contribution in [-0.4, -0.2) is 10.1 Å². The average Bonchev–Trinajstić information content (AvgIpc) is 2.13. The van der Waals surface area contributed by atoms with E-state index in [1.807, 2.05) is 6.92 Å². The topological polar surface area (TPSA) is 33.1 Å². The maximum Gasteiger partial charge on any atom is 0.194 e. The van der Waals surface area contributed by atoms with Gasteiger partial charge in [-0.3, -0.25) is 0 Å². The number of aryl methyl sites for hydroxylation is 1. The minimum Gasteiger partial charge on any atom is -0.498 e. The molecule has 1 N–H and O–H groups in total. The van der Waals surface area contributed by atoms with Crippen LogP contribution >= 0.6 is 11.3 Å². The Labute approximate surface area is 64.5 Å². The summed E-state index contributed by atoms with van der Waals surface area (Å²) >= 11 is 1.37. The number of hydrogen-bond donors (Lipinski definition) is 1. The Balaban J connectivity index is 2.98. The molecule has 0 aliphatic rings. The third-order valence-corrected chi connectivity index (χ3v) is 2.54. The monoisotopic (exact) mass is 157 g/mol. The molecule has 0 bridgehead atoms. The molecule has 0 unspecified atom stereocenters. The zero-order valence-corrected chi connectivity index (χ0v) is 7.20. The highest BCUT2D eigenvalue weighted by atomic mass is 32.1. The van der Waals surface area contributed by atoms with Crippen molar-refractivity contribution < 1.29 is 5.11 Å². The largest absolute Gasteiger partial charge is 0.498 e. The Bertz CT molecular complexity index is 210. The van der Waals surface area contributed by atoms with Crippen LogP contribution in [0.1, 0.15) is 30.5 Å². The number of aromatic nitrogens is 1. The molecule has 0 fully saturated rings. The van der Waals surface area contributed by atoms with Gasteiger partial charge in [0.15, 0.2) is 5.06 Å². The first-order valence-corrected chi connectivity index (χ1v) is 4.09. The summed E-state index contributed by atoms with van der Waals surface area (Å²) < 4.78 is 0. The molecule has 3 heteroatoms. The minimum absolute atomic E-state index is 0.351. The first-order valence-electron chi connectivity index (χ1n) is 3.27. The van der Waals surface area contributed by atoms with E-state index in [1.54, 1.807) is 0 Å². The number of rotatable bonds is 1. The number of hydrogen-bond acceptors (Lipinski definition) is 3. The highest BCUT2D eigenvalue weighted by Crippen LogP contribution is 2.29. The SMILES string of the molecule is Cc1nc(C(C)C)sc1O. The molecule has 0 aliphatic carbocycles. The van der Waals surface area contributed by atoms with E-state index in [9.17, 15) is 0 Å². The summed E-state index contributed by atoms with van der Waals surface area (Å²) in [6.07, 6.45) is 0. The molecule has 0 atom stereocenters. The van der Waals surface area contributed by atoms with Crippen LogP contribution in [-0.2, 0) is 0 Å². The van der Waals surface area contributed by atoms with Crippen molar-refractivity contribution >= 4 is 11.3 Å². The summed E-state index contributed by atoms with van der Waals surface area (Å²) in [5, 5.41) is 10.5. The molecule has 0 aromatic carbocycles. The molecular formula is C7H11NOS. The zero-order valence-electron chi connectivity index (χ0n) is 6.38. The highest BCUT2D eigenvalue weighted by Gasteiger charge is 2.07. The van der Waals surface area contributed by atoms with Crippen LogP contribution in [0.25, 0.3) is 0 Å². The van der Waals surface area contributed by atoms with Gasteiger partial charge < -0.3 is 5.11 Å². The van der Waals surface area contributed by atoms with Gasteiger partial charge in [-0.25, -0.2) is 4.98 Å². The van der Waals surface area contributed by atoms with E-state index in [0.29, 0.717) is 11.0 Å². The van der Waals surface area contributed by atoms with Gasteiger partial charge in [0.25, 0.3) is 0 Å². The van der Waals surface area contributed by atoms with Gasteiger partial charge >= 0.3 is 0 Å². The van der Waals surface area contributed by atoms with E-state index >= 15 is 0 Å². The minimum atomic E-state index is 0.351. The summed E-state index contributed by atoms with van der Waals surface area (Å²) in [7, 11) is 0. The molecule has 0 aliphatic heterocycles. The Kier molecular flexibility index (Phi) is 1.94. The molecule has 0 saturated heterocycles. The van der Waals surface area contributed by atoms with Gasteiger partial charge in [0, 0.05) is 5.92 Å². The molecule has 0 spiro atoms. The fourth-order valence-corrected chi connectivity index (χ4v) is 1.47. The average molecular weight is 157 g/mol. The first kappa shape index (κ1) is 7.54. The van der Waals surface area contributed by atoms with Crippen molar-refractivity contribution in [1.82, 2.24) is 4.98 Å². The van der Waals surface area contributed by atoms with Crippen LogP contribution in [0.3, 0.4) is 0 Å². The molecule has 1 heterocycles.